The summed E-state index contributed by atoms with van der Waals surface area (Å²) in [6.07, 6.45) is 2.81. The van der Waals surface area contributed by atoms with E-state index in [2.05, 4.69) is 31.1 Å². The Bertz CT molecular complexity index is 486. The summed E-state index contributed by atoms with van der Waals surface area (Å²) in [6, 6.07) is 8.25. The lowest BCUT2D eigenvalue weighted by Gasteiger charge is -2.09. The molecule has 2 N–H and O–H groups in total. The van der Waals surface area contributed by atoms with Crippen molar-refractivity contribution in [2.45, 2.75) is 26.8 Å². The largest absolute Gasteiger partial charge is 0.326 e. The van der Waals surface area contributed by atoms with Gasteiger partial charge in [0, 0.05) is 17.8 Å². The van der Waals surface area contributed by atoms with Crippen molar-refractivity contribution in [3.8, 4) is 5.69 Å². The highest BCUT2D eigenvalue weighted by molar-refractivity contribution is 5.41. The molecule has 3 nitrogen and oxygen atoms in total. The second kappa shape index (κ2) is 4.49. The summed E-state index contributed by atoms with van der Waals surface area (Å²) in [4.78, 5) is 0. The molecule has 0 radical (unpaired) electrons. The number of aromatic nitrogens is 2. The summed E-state index contributed by atoms with van der Waals surface area (Å²) < 4.78 is 2.00. The standard InChI is InChI=1S/C13H17N3/c1-3-12-11(8-14)9-15-16(12)13-7-5-4-6-10(13)2/h4-7,9H,3,8,14H2,1-2H3. The zero-order valence-corrected chi connectivity index (χ0v) is 9.77. The van der Waals surface area contributed by atoms with Gasteiger partial charge in [-0.2, -0.15) is 5.10 Å². The lowest BCUT2D eigenvalue weighted by atomic mass is 10.1. The number of para-hydroxylation sites is 1. The van der Waals surface area contributed by atoms with Crippen LogP contribution < -0.4 is 5.73 Å². The minimum atomic E-state index is 0.551. The maximum atomic E-state index is 5.70. The third-order valence-corrected chi connectivity index (χ3v) is 2.85. The van der Waals surface area contributed by atoms with E-state index in [4.69, 9.17) is 5.73 Å². The third kappa shape index (κ3) is 1.74. The molecule has 0 aliphatic carbocycles. The van der Waals surface area contributed by atoms with Gasteiger partial charge in [0.25, 0.3) is 0 Å². The van der Waals surface area contributed by atoms with Crippen LogP contribution in [0.25, 0.3) is 5.69 Å². The molecule has 1 heterocycles. The van der Waals surface area contributed by atoms with E-state index in [0.29, 0.717) is 6.54 Å². The van der Waals surface area contributed by atoms with E-state index in [0.717, 1.165) is 17.7 Å². The molecular weight excluding hydrogens is 198 g/mol. The van der Waals surface area contributed by atoms with Gasteiger partial charge in [-0.1, -0.05) is 25.1 Å². The summed E-state index contributed by atoms with van der Waals surface area (Å²) in [7, 11) is 0. The van der Waals surface area contributed by atoms with Crippen molar-refractivity contribution in [2.24, 2.45) is 5.73 Å². The minimum Gasteiger partial charge on any atom is -0.326 e. The molecule has 0 spiro atoms. The first-order valence-corrected chi connectivity index (χ1v) is 5.59. The first-order valence-electron chi connectivity index (χ1n) is 5.59. The van der Waals surface area contributed by atoms with Gasteiger partial charge in [-0.3, -0.25) is 0 Å². The first-order chi connectivity index (χ1) is 7.77. The third-order valence-electron chi connectivity index (χ3n) is 2.85. The van der Waals surface area contributed by atoms with Crippen LogP contribution in [0.4, 0.5) is 0 Å². The van der Waals surface area contributed by atoms with E-state index in [9.17, 15) is 0 Å². The second-order valence-corrected chi connectivity index (χ2v) is 3.87. The molecule has 0 bridgehead atoms. The van der Waals surface area contributed by atoms with Crippen LogP contribution in [0.5, 0.6) is 0 Å². The highest BCUT2D eigenvalue weighted by atomic mass is 15.3. The van der Waals surface area contributed by atoms with Gasteiger partial charge in [-0.05, 0) is 25.0 Å². The SMILES string of the molecule is CCc1c(CN)cnn1-c1ccccc1C. The lowest BCUT2D eigenvalue weighted by Crippen LogP contribution is -2.06. The number of nitrogens with two attached hydrogens (primary N) is 1. The normalized spacial score (nSPS) is 10.7. The van der Waals surface area contributed by atoms with Crippen molar-refractivity contribution in [1.29, 1.82) is 0 Å². The fourth-order valence-corrected chi connectivity index (χ4v) is 1.96. The first kappa shape index (κ1) is 10.9. The van der Waals surface area contributed by atoms with Gasteiger partial charge in [0.2, 0.25) is 0 Å². The van der Waals surface area contributed by atoms with Crippen LogP contribution in [0.1, 0.15) is 23.7 Å². The van der Waals surface area contributed by atoms with Crippen LogP contribution in [0, 0.1) is 6.92 Å². The fraction of sp³-hybridized carbons (Fsp3) is 0.308. The maximum Gasteiger partial charge on any atom is 0.0678 e. The predicted molar refractivity (Wildman–Crippen MR) is 65.6 cm³/mol. The Balaban J connectivity index is 2.56. The minimum absolute atomic E-state index is 0.551. The Kier molecular flexibility index (Phi) is 3.06. The number of rotatable bonds is 3. The van der Waals surface area contributed by atoms with Crippen molar-refractivity contribution >= 4 is 0 Å². The molecule has 0 saturated heterocycles. The van der Waals surface area contributed by atoms with Gasteiger partial charge in [0.15, 0.2) is 0 Å². The van der Waals surface area contributed by atoms with Gasteiger partial charge in [-0.15, -0.1) is 0 Å². The number of nitrogens with zero attached hydrogens (tertiary/aromatic N) is 2. The van der Waals surface area contributed by atoms with E-state index in [-0.39, 0.29) is 0 Å². The van der Waals surface area contributed by atoms with Crippen molar-refractivity contribution in [2.75, 3.05) is 0 Å². The van der Waals surface area contributed by atoms with Gasteiger partial charge < -0.3 is 5.73 Å². The molecule has 0 aliphatic heterocycles. The van der Waals surface area contributed by atoms with E-state index in [1.165, 1.54) is 11.3 Å². The number of hydrogen-bond donors (Lipinski definition) is 1. The van der Waals surface area contributed by atoms with Gasteiger partial charge in [0.05, 0.1) is 11.9 Å². The summed E-state index contributed by atoms with van der Waals surface area (Å²) in [5.74, 6) is 0. The van der Waals surface area contributed by atoms with E-state index < -0.39 is 0 Å². The zero-order valence-electron chi connectivity index (χ0n) is 9.77. The van der Waals surface area contributed by atoms with Crippen molar-refractivity contribution < 1.29 is 0 Å². The van der Waals surface area contributed by atoms with Crippen LogP contribution in [-0.2, 0) is 13.0 Å². The van der Waals surface area contributed by atoms with E-state index in [1.807, 2.05) is 23.0 Å². The summed E-state index contributed by atoms with van der Waals surface area (Å²) >= 11 is 0. The molecule has 0 saturated carbocycles. The molecule has 0 unspecified atom stereocenters. The van der Waals surface area contributed by atoms with Gasteiger partial charge in [-0.25, -0.2) is 4.68 Å². The molecule has 3 heteroatoms. The second-order valence-electron chi connectivity index (χ2n) is 3.87. The molecule has 2 rings (SSSR count). The lowest BCUT2D eigenvalue weighted by molar-refractivity contribution is 0.802. The highest BCUT2D eigenvalue weighted by Gasteiger charge is 2.10. The van der Waals surface area contributed by atoms with Gasteiger partial charge >= 0.3 is 0 Å². The molecule has 0 aliphatic rings. The average molecular weight is 215 g/mol. The van der Waals surface area contributed by atoms with Crippen molar-refractivity contribution in [1.82, 2.24) is 9.78 Å². The van der Waals surface area contributed by atoms with Crippen LogP contribution in [0.15, 0.2) is 30.5 Å². The fourth-order valence-electron chi connectivity index (χ4n) is 1.96. The zero-order chi connectivity index (χ0) is 11.5. The maximum absolute atomic E-state index is 5.70. The van der Waals surface area contributed by atoms with Gasteiger partial charge in [0.1, 0.15) is 0 Å². The van der Waals surface area contributed by atoms with Crippen LogP contribution in [0.2, 0.25) is 0 Å². The predicted octanol–water partition coefficient (Wildman–Crippen LogP) is 2.20. The molecule has 0 fully saturated rings. The Morgan fingerprint density at radius 2 is 2.06 bits per heavy atom. The van der Waals surface area contributed by atoms with E-state index in [1.54, 1.807) is 0 Å². The Morgan fingerprint density at radius 3 is 2.69 bits per heavy atom. The number of aryl methyl sites for hydroxylation is 1. The molecule has 1 aromatic heterocycles. The monoisotopic (exact) mass is 215 g/mol. The molecule has 16 heavy (non-hydrogen) atoms. The average Bonchev–Trinajstić information content (AvgIpc) is 2.72. The molecule has 84 valence electrons. The Labute approximate surface area is 95.9 Å². The van der Waals surface area contributed by atoms with Crippen LogP contribution in [-0.4, -0.2) is 9.78 Å². The Hall–Kier alpha value is -1.61. The number of benzene rings is 1. The summed E-state index contributed by atoms with van der Waals surface area (Å²) in [6.45, 7) is 4.78. The smallest absolute Gasteiger partial charge is 0.0678 e. The van der Waals surface area contributed by atoms with Crippen LogP contribution >= 0.6 is 0 Å². The van der Waals surface area contributed by atoms with Crippen molar-refractivity contribution in [3.05, 3.63) is 47.3 Å². The highest BCUT2D eigenvalue weighted by Crippen LogP contribution is 2.18. The summed E-state index contributed by atoms with van der Waals surface area (Å²) in [5, 5.41) is 4.43. The number of hydrogen-bond acceptors (Lipinski definition) is 2. The molecule has 0 atom stereocenters. The molecule has 2 aromatic rings. The molecule has 0 amide bonds. The quantitative estimate of drug-likeness (QED) is 0.853. The molecule has 1 aromatic carbocycles. The Morgan fingerprint density at radius 1 is 1.31 bits per heavy atom. The topological polar surface area (TPSA) is 43.8 Å². The molecular formula is C13H17N3. The van der Waals surface area contributed by atoms with Crippen molar-refractivity contribution in [3.63, 3.8) is 0 Å². The van der Waals surface area contributed by atoms with Crippen LogP contribution in [0.3, 0.4) is 0 Å². The van der Waals surface area contributed by atoms with E-state index >= 15 is 0 Å². The summed E-state index contributed by atoms with van der Waals surface area (Å²) in [5.41, 5.74) is 10.4.